The minimum absolute atomic E-state index is 0.0377. The Hall–Kier alpha value is -1.12. The first-order chi connectivity index (χ1) is 12.3. The highest BCUT2D eigenvalue weighted by Crippen LogP contribution is 2.62. The number of carbonyl (C=O) groups excluding carboxylic acids is 2. The van der Waals surface area contributed by atoms with E-state index in [0.29, 0.717) is 17.6 Å². The first kappa shape index (κ1) is 18.3. The van der Waals surface area contributed by atoms with Gasteiger partial charge in [-0.1, -0.05) is 26.3 Å². The summed E-state index contributed by atoms with van der Waals surface area (Å²) in [7, 11) is 0. The van der Waals surface area contributed by atoms with Gasteiger partial charge in [0.2, 0.25) is 0 Å². The van der Waals surface area contributed by atoms with Crippen molar-refractivity contribution in [2.24, 2.45) is 40.9 Å². The molecule has 0 heterocycles. The van der Waals surface area contributed by atoms with E-state index in [1.165, 1.54) is 38.2 Å². The van der Waals surface area contributed by atoms with Gasteiger partial charge < -0.3 is 4.74 Å². The molecule has 0 aromatic heterocycles. The maximum atomic E-state index is 13.2. The number of hydrogen-bond donors (Lipinski definition) is 0. The van der Waals surface area contributed by atoms with Crippen LogP contribution >= 0.6 is 0 Å². The van der Waals surface area contributed by atoms with Crippen LogP contribution in [0.4, 0.5) is 0 Å². The smallest absolute Gasteiger partial charge is 0.302 e. The van der Waals surface area contributed by atoms with Crippen molar-refractivity contribution in [3.63, 3.8) is 0 Å². The molecule has 4 aliphatic rings. The van der Waals surface area contributed by atoms with Crippen LogP contribution in [0.25, 0.3) is 0 Å². The average molecular weight is 359 g/mol. The van der Waals surface area contributed by atoms with Gasteiger partial charge in [-0.15, -0.1) is 0 Å². The fourth-order valence-corrected chi connectivity index (χ4v) is 7.26. The summed E-state index contributed by atoms with van der Waals surface area (Å²) in [6, 6.07) is 0. The van der Waals surface area contributed by atoms with Crippen LogP contribution in [-0.4, -0.2) is 17.9 Å². The maximum absolute atomic E-state index is 13.2. The molecule has 144 valence electrons. The van der Waals surface area contributed by atoms with Gasteiger partial charge in [-0.3, -0.25) is 9.59 Å². The molecule has 0 radical (unpaired) electrons. The molecule has 0 spiro atoms. The third-order valence-electron chi connectivity index (χ3n) is 8.46. The molecule has 7 atom stereocenters. The maximum Gasteiger partial charge on any atom is 0.302 e. The molecule has 0 saturated heterocycles. The predicted molar refractivity (Wildman–Crippen MR) is 101 cm³/mol. The van der Waals surface area contributed by atoms with Crippen LogP contribution in [-0.2, 0) is 14.3 Å². The molecule has 0 N–H and O–H groups in total. The van der Waals surface area contributed by atoms with Crippen LogP contribution in [0.5, 0.6) is 0 Å². The Balaban J connectivity index is 1.60. The van der Waals surface area contributed by atoms with Gasteiger partial charge >= 0.3 is 5.97 Å². The number of ketones is 1. The summed E-state index contributed by atoms with van der Waals surface area (Å²) in [5.41, 5.74) is 1.40. The minimum Gasteiger partial charge on any atom is -0.462 e. The zero-order valence-electron chi connectivity index (χ0n) is 16.8. The van der Waals surface area contributed by atoms with E-state index in [1.807, 2.05) is 6.08 Å². The monoisotopic (exact) mass is 358 g/mol. The first-order valence-corrected chi connectivity index (χ1v) is 10.7. The SMILES string of the molecule is CC(=O)OC1CC[C@@]2(C)C(=CC(=O)[C@H]3[C@@H]4CCC(C(C)C)[C@H]4CC[C@@H]32)C1. The van der Waals surface area contributed by atoms with Crippen LogP contribution < -0.4 is 0 Å². The van der Waals surface area contributed by atoms with Gasteiger partial charge in [-0.05, 0) is 79.6 Å². The second kappa shape index (κ2) is 6.49. The van der Waals surface area contributed by atoms with E-state index in [4.69, 9.17) is 4.74 Å². The number of rotatable bonds is 2. The second-order valence-electron chi connectivity index (χ2n) is 9.99. The predicted octanol–water partition coefficient (Wildman–Crippen LogP) is 4.94. The molecule has 3 heteroatoms. The van der Waals surface area contributed by atoms with Crippen molar-refractivity contribution in [2.75, 3.05) is 0 Å². The van der Waals surface area contributed by atoms with Crippen LogP contribution in [0.2, 0.25) is 0 Å². The molecule has 0 bridgehead atoms. The quantitative estimate of drug-likeness (QED) is 0.657. The molecule has 0 aromatic rings. The molecule has 0 aromatic carbocycles. The van der Waals surface area contributed by atoms with Crippen LogP contribution in [0.1, 0.15) is 72.6 Å². The second-order valence-corrected chi connectivity index (χ2v) is 9.99. The number of carbonyl (C=O) groups is 2. The number of esters is 1. The van der Waals surface area contributed by atoms with E-state index in [9.17, 15) is 9.59 Å². The van der Waals surface area contributed by atoms with Gasteiger partial charge in [-0.2, -0.15) is 0 Å². The Morgan fingerprint density at radius 2 is 1.88 bits per heavy atom. The Morgan fingerprint density at radius 1 is 1.15 bits per heavy atom. The summed E-state index contributed by atoms with van der Waals surface area (Å²) in [6.07, 6.45) is 9.75. The van der Waals surface area contributed by atoms with E-state index >= 15 is 0 Å². The van der Waals surface area contributed by atoms with Gasteiger partial charge in [0.1, 0.15) is 6.10 Å². The standard InChI is InChI=1S/C23H34O3/c1-13(2)17-5-6-19-18(17)7-8-20-22(19)21(25)12-15-11-16(26-14(3)24)9-10-23(15,20)4/h12-13,16-20,22H,5-11H2,1-4H3/t16?,17?,18-,19-,20+,22+,23+/m1/s1. The summed E-state index contributed by atoms with van der Waals surface area (Å²) in [5, 5.41) is 0. The summed E-state index contributed by atoms with van der Waals surface area (Å²) < 4.78 is 5.48. The van der Waals surface area contributed by atoms with Crippen LogP contribution in [0.15, 0.2) is 11.6 Å². The molecule has 0 aliphatic heterocycles. The first-order valence-electron chi connectivity index (χ1n) is 10.7. The Bertz CT molecular complexity index is 633. The molecular formula is C23H34O3. The average Bonchev–Trinajstić information content (AvgIpc) is 3.00. The van der Waals surface area contributed by atoms with Crippen molar-refractivity contribution < 1.29 is 14.3 Å². The van der Waals surface area contributed by atoms with E-state index in [-0.39, 0.29) is 23.4 Å². The summed E-state index contributed by atoms with van der Waals surface area (Å²) in [4.78, 5) is 24.5. The van der Waals surface area contributed by atoms with Gasteiger partial charge in [0, 0.05) is 19.3 Å². The largest absolute Gasteiger partial charge is 0.462 e. The van der Waals surface area contributed by atoms with E-state index in [0.717, 1.165) is 37.0 Å². The number of fused-ring (bicyclic) bond motifs is 5. The highest BCUT2D eigenvalue weighted by molar-refractivity contribution is 5.94. The van der Waals surface area contributed by atoms with Crippen LogP contribution in [0, 0.1) is 40.9 Å². The highest BCUT2D eigenvalue weighted by atomic mass is 16.5. The van der Waals surface area contributed by atoms with Gasteiger partial charge in [0.25, 0.3) is 0 Å². The fourth-order valence-electron chi connectivity index (χ4n) is 7.26. The lowest BCUT2D eigenvalue weighted by atomic mass is 9.49. The lowest BCUT2D eigenvalue weighted by molar-refractivity contribution is -0.148. The van der Waals surface area contributed by atoms with Crippen molar-refractivity contribution in [2.45, 2.75) is 78.7 Å². The van der Waals surface area contributed by atoms with Crippen LogP contribution in [0.3, 0.4) is 0 Å². The third-order valence-corrected chi connectivity index (χ3v) is 8.46. The zero-order chi connectivity index (χ0) is 18.6. The lowest BCUT2D eigenvalue weighted by Gasteiger charge is -2.54. The molecule has 3 nitrogen and oxygen atoms in total. The molecule has 3 fully saturated rings. The lowest BCUT2D eigenvalue weighted by Crippen LogP contribution is -2.51. The molecule has 4 rings (SSSR count). The Labute approximate surface area is 157 Å². The van der Waals surface area contributed by atoms with Crippen molar-refractivity contribution in [1.82, 2.24) is 0 Å². The minimum atomic E-state index is -0.203. The van der Waals surface area contributed by atoms with Gasteiger partial charge in [-0.25, -0.2) is 0 Å². The summed E-state index contributed by atoms with van der Waals surface area (Å²) in [6.45, 7) is 8.59. The van der Waals surface area contributed by atoms with Crippen molar-refractivity contribution in [3.05, 3.63) is 11.6 Å². The third kappa shape index (κ3) is 2.77. The van der Waals surface area contributed by atoms with Crippen molar-refractivity contribution in [1.29, 1.82) is 0 Å². The van der Waals surface area contributed by atoms with Gasteiger partial charge in [0.15, 0.2) is 5.78 Å². The topological polar surface area (TPSA) is 43.4 Å². The zero-order valence-corrected chi connectivity index (χ0v) is 16.8. The van der Waals surface area contributed by atoms with E-state index in [2.05, 4.69) is 20.8 Å². The molecule has 3 saturated carbocycles. The van der Waals surface area contributed by atoms with Gasteiger partial charge in [0.05, 0.1) is 0 Å². The molecular weight excluding hydrogens is 324 g/mol. The van der Waals surface area contributed by atoms with E-state index in [1.54, 1.807) is 0 Å². The fraction of sp³-hybridized carbons (Fsp3) is 0.826. The molecule has 4 aliphatic carbocycles. The van der Waals surface area contributed by atoms with E-state index < -0.39 is 0 Å². The highest BCUT2D eigenvalue weighted by Gasteiger charge is 2.57. The molecule has 2 unspecified atom stereocenters. The molecule has 26 heavy (non-hydrogen) atoms. The summed E-state index contributed by atoms with van der Waals surface area (Å²) in [5.74, 6) is 3.84. The normalized spacial score (nSPS) is 44.8. The Morgan fingerprint density at radius 3 is 2.58 bits per heavy atom. The molecule has 0 amide bonds. The summed E-state index contributed by atoms with van der Waals surface area (Å²) >= 11 is 0. The number of hydrogen-bond acceptors (Lipinski definition) is 3. The number of ether oxygens (including phenoxy) is 1. The number of allylic oxidation sites excluding steroid dienone is 1. The van der Waals surface area contributed by atoms with Crippen molar-refractivity contribution in [3.8, 4) is 0 Å². The Kier molecular flexibility index (Phi) is 4.56. The van der Waals surface area contributed by atoms with Crippen molar-refractivity contribution >= 4 is 11.8 Å².